The molecule has 0 aromatic heterocycles. The van der Waals surface area contributed by atoms with E-state index in [1.165, 1.54) is 47.9 Å². The number of β-amino-alcohol motifs (C(OH)–C–C–N with tert-alkyl or cyclic N) is 1. The summed E-state index contributed by atoms with van der Waals surface area (Å²) in [4.78, 5) is 130. The molecule has 2 saturated heterocycles. The second kappa shape index (κ2) is 23.9. The molecule has 22 heteroatoms. The number of hydrogen-bond acceptors (Lipinski definition) is 15. The van der Waals surface area contributed by atoms with Gasteiger partial charge in [-0.2, -0.15) is 0 Å². The van der Waals surface area contributed by atoms with Crippen LogP contribution < -0.4 is 21.3 Å². The van der Waals surface area contributed by atoms with Gasteiger partial charge in [0.25, 0.3) is 5.69 Å². The topological polar surface area (TPSA) is 299 Å². The molecule has 4 aliphatic carbocycles. The maximum absolute atomic E-state index is 14.1. The highest BCUT2D eigenvalue weighted by Crippen LogP contribution is 2.46. The number of amides is 6. The zero-order valence-corrected chi connectivity index (χ0v) is 45.6. The van der Waals surface area contributed by atoms with Crippen LogP contribution in [-0.4, -0.2) is 146 Å². The normalized spacial score (nSPS) is 27.6. The van der Waals surface area contributed by atoms with Gasteiger partial charge in [-0.25, -0.2) is 14.4 Å². The summed E-state index contributed by atoms with van der Waals surface area (Å²) < 4.78 is 16.7. The van der Waals surface area contributed by atoms with Crippen LogP contribution in [0, 0.1) is 32.8 Å². The Labute approximate surface area is 449 Å². The predicted molar refractivity (Wildman–Crippen MR) is 278 cm³/mol. The van der Waals surface area contributed by atoms with Gasteiger partial charge in [0.05, 0.1) is 23.1 Å². The number of nitrogens with zero attached hydrogens (tertiary/aromatic N) is 3. The average molecular weight is 1080 g/mol. The summed E-state index contributed by atoms with van der Waals surface area (Å²) in [6.07, 6.45) is 7.62. The van der Waals surface area contributed by atoms with E-state index in [1.807, 2.05) is 20.8 Å². The number of ketones is 2. The van der Waals surface area contributed by atoms with E-state index in [-0.39, 0.29) is 72.8 Å². The van der Waals surface area contributed by atoms with Crippen LogP contribution in [0.5, 0.6) is 0 Å². The van der Waals surface area contributed by atoms with E-state index in [9.17, 15) is 58.4 Å². The van der Waals surface area contributed by atoms with Crippen LogP contribution in [0.3, 0.4) is 0 Å². The fraction of sp³-hybridized carbons (Fsp3) is 0.655. The van der Waals surface area contributed by atoms with E-state index < -0.39 is 105 Å². The Morgan fingerprint density at radius 1 is 0.662 bits per heavy atom. The molecule has 10 atom stereocenters. The number of nitrogens with one attached hydrogen (secondary N) is 4. The molecule has 0 spiro atoms. The number of alkyl carbamates (subject to hydrolysis) is 2. The molecular weight excluding hydrogens is 999 g/mol. The number of carbonyl (C=O) groups excluding carboxylic acids is 9. The first-order chi connectivity index (χ1) is 36.0. The zero-order valence-electron chi connectivity index (χ0n) is 45.6. The van der Waals surface area contributed by atoms with Gasteiger partial charge >= 0.3 is 18.2 Å². The van der Waals surface area contributed by atoms with Crippen molar-refractivity contribution in [2.24, 2.45) is 22.7 Å². The van der Waals surface area contributed by atoms with Gasteiger partial charge < -0.3 is 50.4 Å². The molecular formula is C55H77N7O15. The Kier molecular flexibility index (Phi) is 18.5. The minimum Gasteiger partial charge on any atom is -0.457 e. The number of hydrogen-bond donors (Lipinski definition) is 5. The molecule has 0 bridgehead atoms. The highest BCUT2D eigenvalue weighted by molar-refractivity contribution is 6.00. The lowest BCUT2D eigenvalue weighted by Gasteiger charge is -2.35. The van der Waals surface area contributed by atoms with E-state index in [1.54, 1.807) is 32.9 Å². The number of aliphatic hydroxyl groups excluding tert-OH is 1. The molecule has 2 heterocycles. The fourth-order valence-corrected chi connectivity index (χ4v) is 10.9. The number of esters is 1. The number of aliphatic hydroxyl groups is 1. The fourth-order valence-electron chi connectivity index (χ4n) is 10.9. The van der Waals surface area contributed by atoms with Gasteiger partial charge in [-0.05, 0) is 101 Å². The number of Topliss-reactive ketones (excluding diaryl/α,β-unsaturated/α-hetero) is 2. The molecule has 77 heavy (non-hydrogen) atoms. The molecule has 1 aromatic carbocycles. The van der Waals surface area contributed by atoms with Gasteiger partial charge in [0.2, 0.25) is 23.6 Å². The minimum absolute atomic E-state index is 0.0270. The maximum Gasteiger partial charge on any atom is 0.408 e. The highest BCUT2D eigenvalue weighted by atomic mass is 16.6. The summed E-state index contributed by atoms with van der Waals surface area (Å²) in [5, 5.41) is 32.3. The summed E-state index contributed by atoms with van der Waals surface area (Å²) in [6, 6.07) is 0.788. The third-order valence-electron chi connectivity index (χ3n) is 15.8. The molecule has 22 nitrogen and oxygen atoms in total. The van der Waals surface area contributed by atoms with Gasteiger partial charge in [0.15, 0.2) is 11.6 Å². The third kappa shape index (κ3) is 14.1. The summed E-state index contributed by atoms with van der Waals surface area (Å²) in [5.41, 5.74) is -3.69. The van der Waals surface area contributed by atoms with Crippen molar-refractivity contribution >= 4 is 59.0 Å². The Morgan fingerprint density at radius 2 is 1.06 bits per heavy atom. The number of rotatable bonds is 17. The number of ether oxygens (including phenoxy) is 3. The lowest BCUT2D eigenvalue weighted by atomic mass is 9.85. The van der Waals surface area contributed by atoms with Gasteiger partial charge in [-0.15, -0.1) is 13.2 Å². The molecule has 0 radical (unpaired) electrons. The highest BCUT2D eigenvalue weighted by Gasteiger charge is 2.60. The number of non-ortho nitro benzene ring substituents is 1. The van der Waals surface area contributed by atoms with Crippen LogP contribution in [-0.2, 0) is 43.0 Å². The lowest BCUT2D eigenvalue weighted by molar-refractivity contribution is -0.384. The molecule has 0 unspecified atom stereocenters. The number of benzene rings is 1. The Morgan fingerprint density at radius 3 is 1.43 bits per heavy atom. The van der Waals surface area contributed by atoms with E-state index >= 15 is 0 Å². The number of nitro benzene ring substituents is 1. The first-order valence-corrected chi connectivity index (χ1v) is 26.6. The summed E-state index contributed by atoms with van der Waals surface area (Å²) >= 11 is 0. The van der Waals surface area contributed by atoms with Crippen molar-refractivity contribution in [2.75, 3.05) is 13.1 Å². The second-order valence-electron chi connectivity index (χ2n) is 23.6. The molecule has 6 aliphatic rings. The summed E-state index contributed by atoms with van der Waals surface area (Å²) in [5.74, 6) is -3.69. The van der Waals surface area contributed by atoms with E-state index in [2.05, 4.69) is 34.4 Å². The van der Waals surface area contributed by atoms with Crippen molar-refractivity contribution in [3.63, 3.8) is 0 Å². The maximum atomic E-state index is 14.1. The van der Waals surface area contributed by atoms with Crippen molar-refractivity contribution in [3.05, 3.63) is 65.3 Å². The second-order valence-corrected chi connectivity index (χ2v) is 23.6. The zero-order chi connectivity index (χ0) is 56.9. The molecule has 6 fully saturated rings. The smallest absolute Gasteiger partial charge is 0.408 e. The summed E-state index contributed by atoms with van der Waals surface area (Å²) in [6.45, 7) is 20.8. The van der Waals surface area contributed by atoms with E-state index in [0.29, 0.717) is 12.8 Å². The largest absolute Gasteiger partial charge is 0.457 e. The van der Waals surface area contributed by atoms with Gasteiger partial charge in [-0.1, -0.05) is 53.7 Å². The third-order valence-corrected chi connectivity index (χ3v) is 15.8. The van der Waals surface area contributed by atoms with Crippen molar-refractivity contribution in [1.82, 2.24) is 31.1 Å². The quantitative estimate of drug-likeness (QED) is 0.0444. The van der Waals surface area contributed by atoms with E-state index in [0.717, 1.165) is 51.4 Å². The molecule has 7 rings (SSSR count). The van der Waals surface area contributed by atoms with Crippen LogP contribution in [0.2, 0.25) is 0 Å². The minimum atomic E-state index is -1.12. The van der Waals surface area contributed by atoms with Crippen LogP contribution in [0.1, 0.15) is 143 Å². The Balaban J connectivity index is 0.000000260. The van der Waals surface area contributed by atoms with Crippen LogP contribution in [0.15, 0.2) is 49.6 Å². The van der Waals surface area contributed by atoms with Gasteiger partial charge in [-0.3, -0.25) is 38.9 Å². The van der Waals surface area contributed by atoms with E-state index in [4.69, 9.17) is 14.2 Å². The molecule has 6 amide bonds. The summed E-state index contributed by atoms with van der Waals surface area (Å²) in [7, 11) is 0. The Bertz CT molecular complexity index is 2470. The van der Waals surface area contributed by atoms with Crippen LogP contribution >= 0.6 is 0 Å². The monoisotopic (exact) mass is 1080 g/mol. The first-order valence-electron chi connectivity index (χ1n) is 26.6. The van der Waals surface area contributed by atoms with Crippen molar-refractivity contribution in [2.45, 2.75) is 192 Å². The molecule has 4 saturated carbocycles. The van der Waals surface area contributed by atoms with Crippen molar-refractivity contribution in [3.8, 4) is 0 Å². The number of carbonyl (C=O) groups is 9. The molecule has 422 valence electrons. The van der Waals surface area contributed by atoms with Gasteiger partial charge in [0, 0.05) is 43.4 Å². The molecule has 5 N–H and O–H groups in total. The first kappa shape index (κ1) is 59.5. The van der Waals surface area contributed by atoms with Gasteiger partial charge in [0.1, 0.15) is 53.6 Å². The average Bonchev–Trinajstić information content (AvgIpc) is 3.74. The van der Waals surface area contributed by atoms with Crippen LogP contribution in [0.4, 0.5) is 15.3 Å². The number of likely N-dealkylation sites (tertiary alicyclic amines) is 2. The standard InChI is InChI=1S/C31H40N4O9.C24H37N3O6/c1-6-20-16-31(20,18(2)36)33-26(37)24-15-23(43-28(39)19-11-13-21(14-12-19)35(41)42)17-34(24)27(38)25(30(3,4)5)32-29(40)44-22-9-7-8-10-22;1-6-15-12-24(15,14(2)28)26-20(30)18-11-16(29)13-27(18)21(31)19(23(3,4)5)25-22(32)33-17-9-7-8-10-17/h6,11-14,20,22-25H,1,7-10,15-17H2,2-5H3,(H,32,40)(H,33,37);6,15-19,29H,1,7-13H2,2-5H3,(H,25,32)(H,26,30)/t20-,23+,24+,25-,31+;15-,16+,18+,19-,24+/m11/s1. The molecule has 1 aromatic rings. The SMILES string of the molecule is C=C[C@@H]1C[C@]1(NC(=O)[C@@H]1C[C@H](O)CN1C(=O)[C@@H](NC(=O)OC1CCCC1)C(C)(C)C)C(C)=O.C=C[C@@H]1C[C@]1(NC(=O)[C@@H]1C[C@H](OC(=O)c2ccc([N+](=O)[O-])cc2)CN1C(=O)[C@@H](NC(=O)OC1CCCC1)C(C)(C)C)C(C)=O. The Hall–Kier alpha value is -6.71. The lowest BCUT2D eigenvalue weighted by Crippen LogP contribution is -2.59. The number of nitro groups is 1. The predicted octanol–water partition coefficient (Wildman–Crippen LogP) is 5.14. The molecule has 2 aliphatic heterocycles. The van der Waals surface area contributed by atoms with Crippen LogP contribution in [0.25, 0.3) is 0 Å². The van der Waals surface area contributed by atoms with Crippen molar-refractivity contribution in [1.29, 1.82) is 0 Å². The van der Waals surface area contributed by atoms with Crippen molar-refractivity contribution < 1.29 is 67.4 Å².